The van der Waals surface area contributed by atoms with Crippen LogP contribution in [0.25, 0.3) is 22.6 Å². The molecule has 4 aromatic rings. The Labute approximate surface area is 217 Å². The quantitative estimate of drug-likeness (QED) is 0.313. The van der Waals surface area contributed by atoms with Crippen LogP contribution in [0.5, 0.6) is 0 Å². The Hall–Kier alpha value is -3.67. The zero-order valence-corrected chi connectivity index (χ0v) is 22.0. The molecule has 0 fully saturated rings. The molecule has 0 bridgehead atoms. The van der Waals surface area contributed by atoms with Crippen LogP contribution in [0.15, 0.2) is 46.2 Å². The molecule has 9 nitrogen and oxygen atoms in total. The summed E-state index contributed by atoms with van der Waals surface area (Å²) in [5.74, 6) is 0.372. The second-order valence-electron chi connectivity index (χ2n) is 9.37. The maximum Gasteiger partial charge on any atom is 0.416 e. The van der Waals surface area contributed by atoms with E-state index in [1.54, 1.807) is 30.7 Å². The van der Waals surface area contributed by atoms with Gasteiger partial charge in [-0.25, -0.2) is 9.78 Å². The van der Waals surface area contributed by atoms with Crippen LogP contribution in [0.3, 0.4) is 0 Å². The van der Waals surface area contributed by atoms with Gasteiger partial charge in [-0.15, -0.1) is 0 Å². The molecule has 0 saturated heterocycles. The second-order valence-corrected chi connectivity index (χ2v) is 9.37. The fourth-order valence-electron chi connectivity index (χ4n) is 4.58. The first-order chi connectivity index (χ1) is 18.0. The Morgan fingerprint density at radius 2 is 1.82 bits per heavy atom. The first-order valence-corrected chi connectivity index (χ1v) is 12.6. The van der Waals surface area contributed by atoms with Crippen LogP contribution in [-0.2, 0) is 30.5 Å². The molecule has 0 aliphatic rings. The van der Waals surface area contributed by atoms with Crippen molar-refractivity contribution in [2.24, 2.45) is 0 Å². The molecule has 12 heteroatoms. The fourth-order valence-corrected chi connectivity index (χ4v) is 4.58. The number of aryl methyl sites for hydroxylation is 1. The van der Waals surface area contributed by atoms with Crippen molar-refractivity contribution in [2.45, 2.75) is 79.2 Å². The molecule has 1 aromatic carbocycles. The number of hydrogen-bond acceptors (Lipinski definition) is 5. The minimum absolute atomic E-state index is 0.102. The van der Waals surface area contributed by atoms with Crippen molar-refractivity contribution in [3.8, 4) is 11.4 Å². The number of benzene rings is 1. The molecule has 4 rings (SSSR count). The van der Waals surface area contributed by atoms with E-state index in [9.17, 15) is 22.8 Å². The Bertz CT molecular complexity index is 1560. The van der Waals surface area contributed by atoms with Crippen LogP contribution >= 0.6 is 0 Å². The highest BCUT2D eigenvalue weighted by molar-refractivity contribution is 5.77. The summed E-state index contributed by atoms with van der Waals surface area (Å²) < 4.78 is 51.3. The first kappa shape index (κ1) is 27.4. The number of halogens is 3. The zero-order valence-electron chi connectivity index (χ0n) is 22.0. The molecule has 1 unspecified atom stereocenters. The summed E-state index contributed by atoms with van der Waals surface area (Å²) >= 11 is 0. The van der Waals surface area contributed by atoms with Crippen molar-refractivity contribution >= 4 is 11.2 Å². The Morgan fingerprint density at radius 3 is 2.45 bits per heavy atom. The van der Waals surface area contributed by atoms with E-state index in [-0.39, 0.29) is 30.4 Å². The first-order valence-electron chi connectivity index (χ1n) is 12.6. The van der Waals surface area contributed by atoms with Gasteiger partial charge in [-0.2, -0.15) is 18.3 Å². The molecule has 1 atom stereocenters. The number of rotatable bonds is 9. The van der Waals surface area contributed by atoms with Gasteiger partial charge in [0.1, 0.15) is 12.1 Å². The second kappa shape index (κ2) is 10.6. The third kappa shape index (κ3) is 5.17. The topological polar surface area (TPSA) is 88.9 Å². The number of nitrogens with zero attached hydrogens (tertiary/aromatic N) is 6. The highest BCUT2D eigenvalue weighted by Gasteiger charge is 2.30. The average Bonchev–Trinajstić information content (AvgIpc) is 3.46. The van der Waals surface area contributed by atoms with Gasteiger partial charge in [0, 0.05) is 19.3 Å². The molecule has 0 aliphatic heterocycles. The third-order valence-corrected chi connectivity index (χ3v) is 6.14. The number of ether oxygens (including phenoxy) is 1. The normalized spacial score (nSPS) is 13.1. The third-order valence-electron chi connectivity index (χ3n) is 6.14. The van der Waals surface area contributed by atoms with E-state index >= 15 is 0 Å². The summed E-state index contributed by atoms with van der Waals surface area (Å²) in [5.41, 5.74) is -0.162. The van der Waals surface area contributed by atoms with Gasteiger partial charge in [-0.1, -0.05) is 19.1 Å². The lowest BCUT2D eigenvalue weighted by Crippen LogP contribution is -2.40. The van der Waals surface area contributed by atoms with Crippen LogP contribution in [0.2, 0.25) is 0 Å². The number of alkyl halides is 3. The zero-order chi connectivity index (χ0) is 27.8. The van der Waals surface area contributed by atoms with Crippen LogP contribution in [0.1, 0.15) is 58.4 Å². The van der Waals surface area contributed by atoms with Gasteiger partial charge in [0.25, 0.3) is 5.56 Å². The van der Waals surface area contributed by atoms with Crippen molar-refractivity contribution in [2.75, 3.05) is 0 Å². The van der Waals surface area contributed by atoms with Crippen molar-refractivity contribution in [1.29, 1.82) is 0 Å². The minimum atomic E-state index is -4.44. The van der Waals surface area contributed by atoms with Crippen LogP contribution in [-0.4, -0.2) is 34.6 Å². The number of imidazole rings is 1. The maximum atomic E-state index is 13.5. The molecule has 204 valence electrons. The van der Waals surface area contributed by atoms with Gasteiger partial charge in [-0.3, -0.25) is 23.2 Å². The summed E-state index contributed by atoms with van der Waals surface area (Å²) in [6, 6.07) is 5.07. The van der Waals surface area contributed by atoms with E-state index in [0.29, 0.717) is 29.9 Å². The van der Waals surface area contributed by atoms with E-state index in [2.05, 4.69) is 5.10 Å². The fraction of sp³-hybridized carbons (Fsp3) is 0.462. The largest absolute Gasteiger partial charge is 0.416 e. The van der Waals surface area contributed by atoms with E-state index in [0.717, 1.165) is 12.1 Å². The van der Waals surface area contributed by atoms with Crippen molar-refractivity contribution in [3.63, 3.8) is 0 Å². The molecule has 0 amide bonds. The Morgan fingerprint density at radius 1 is 1.08 bits per heavy atom. The molecule has 3 heterocycles. The van der Waals surface area contributed by atoms with Gasteiger partial charge in [0.05, 0.1) is 30.0 Å². The van der Waals surface area contributed by atoms with E-state index in [1.165, 1.54) is 26.1 Å². The lowest BCUT2D eigenvalue weighted by molar-refractivity contribution is -0.137. The lowest BCUT2D eigenvalue weighted by Gasteiger charge is -2.20. The van der Waals surface area contributed by atoms with Crippen molar-refractivity contribution < 1.29 is 17.9 Å². The number of aromatic nitrogens is 6. The highest BCUT2D eigenvalue weighted by Crippen LogP contribution is 2.30. The number of hydrogen-bond donors (Lipinski definition) is 0. The van der Waals surface area contributed by atoms with E-state index < -0.39 is 29.2 Å². The predicted octanol–water partition coefficient (Wildman–Crippen LogP) is 4.66. The predicted molar refractivity (Wildman–Crippen MR) is 137 cm³/mol. The standard InChI is InChI=1S/C26H31F3N6O3/c1-6-11-34-24(36)21-23(33(7-2)25(34)37)31-22(35(21)17(5)38-16(3)4)19-13-30-32(15-19)14-18-9-8-10-20(12-18)26(27,28)29/h8-10,12-13,15-17H,6-7,11,14H2,1-5H3. The molecule has 0 N–H and O–H groups in total. The van der Waals surface area contributed by atoms with Gasteiger partial charge in [0.15, 0.2) is 11.2 Å². The molecule has 3 aromatic heterocycles. The summed E-state index contributed by atoms with van der Waals surface area (Å²) in [7, 11) is 0. The maximum absolute atomic E-state index is 13.5. The smallest absolute Gasteiger partial charge is 0.356 e. The molecule has 38 heavy (non-hydrogen) atoms. The summed E-state index contributed by atoms with van der Waals surface area (Å²) in [5, 5.41) is 4.33. The van der Waals surface area contributed by atoms with Crippen molar-refractivity contribution in [1.82, 2.24) is 28.5 Å². The lowest BCUT2D eigenvalue weighted by atomic mass is 10.1. The van der Waals surface area contributed by atoms with Gasteiger partial charge < -0.3 is 4.74 Å². The molecule has 0 saturated carbocycles. The van der Waals surface area contributed by atoms with E-state index in [4.69, 9.17) is 9.72 Å². The Balaban J connectivity index is 1.87. The molecule has 0 spiro atoms. The molecule has 0 aliphatic carbocycles. The summed E-state index contributed by atoms with van der Waals surface area (Å²) in [4.78, 5) is 31.3. The van der Waals surface area contributed by atoms with Gasteiger partial charge in [-0.05, 0) is 51.8 Å². The average molecular weight is 533 g/mol. The van der Waals surface area contributed by atoms with Crippen LogP contribution in [0.4, 0.5) is 13.2 Å². The number of fused-ring (bicyclic) bond motifs is 1. The highest BCUT2D eigenvalue weighted by atomic mass is 19.4. The van der Waals surface area contributed by atoms with Crippen LogP contribution in [0, 0.1) is 0 Å². The SMILES string of the molecule is CCCn1c(=O)c2c(nc(-c3cnn(Cc4cccc(C(F)(F)F)c4)c3)n2C(C)OC(C)C)n(CC)c1=O. The molecular weight excluding hydrogens is 501 g/mol. The Kier molecular flexibility index (Phi) is 7.63. The minimum Gasteiger partial charge on any atom is -0.356 e. The monoisotopic (exact) mass is 532 g/mol. The summed E-state index contributed by atoms with van der Waals surface area (Å²) in [6.07, 6.45) is -1.42. The van der Waals surface area contributed by atoms with Crippen molar-refractivity contribution in [3.05, 3.63) is 68.6 Å². The van der Waals surface area contributed by atoms with E-state index in [1.807, 2.05) is 20.8 Å². The van der Waals surface area contributed by atoms with Gasteiger partial charge in [0.2, 0.25) is 0 Å². The van der Waals surface area contributed by atoms with Crippen LogP contribution < -0.4 is 11.2 Å². The van der Waals surface area contributed by atoms with Gasteiger partial charge >= 0.3 is 11.9 Å². The molecular formula is C26H31F3N6O3. The molecule has 0 radical (unpaired) electrons. The summed E-state index contributed by atoms with van der Waals surface area (Å²) in [6.45, 7) is 9.92.